The molecule has 24 heavy (non-hydrogen) atoms. The summed E-state index contributed by atoms with van der Waals surface area (Å²) in [6, 6.07) is 9.00. The monoisotopic (exact) mass is 337 g/mol. The first kappa shape index (κ1) is 19.5. The Morgan fingerprint density at radius 3 is 2.25 bits per heavy atom. The first-order valence-corrected chi connectivity index (χ1v) is 7.55. The topological polar surface area (TPSA) is 102 Å². The Morgan fingerprint density at radius 1 is 1.17 bits per heavy atom. The minimum Gasteiger partial charge on any atom is -0.481 e. The molecular formula is C17H23NO6. The second-order valence-corrected chi connectivity index (χ2v) is 6.20. The van der Waals surface area contributed by atoms with Crippen LogP contribution in [0.25, 0.3) is 0 Å². The highest BCUT2D eigenvalue weighted by atomic mass is 16.6. The second-order valence-electron chi connectivity index (χ2n) is 6.20. The third-order valence-corrected chi connectivity index (χ3v) is 3.37. The Kier molecular flexibility index (Phi) is 6.76. The molecule has 1 amide bonds. The molecule has 132 valence electrons. The first-order valence-electron chi connectivity index (χ1n) is 7.55. The average Bonchev–Trinajstić information content (AvgIpc) is 2.52. The number of alkyl carbamates (subject to hydrolysis) is 1. The minimum atomic E-state index is -1.52. The van der Waals surface area contributed by atoms with Crippen LogP contribution in [-0.2, 0) is 25.7 Å². The van der Waals surface area contributed by atoms with Gasteiger partial charge >= 0.3 is 18.0 Å². The number of carbonyl (C=O) groups excluding carboxylic acids is 2. The van der Waals surface area contributed by atoms with Crippen molar-refractivity contribution in [2.45, 2.75) is 40.5 Å². The number of rotatable bonds is 7. The smallest absolute Gasteiger partial charge is 0.410 e. The fourth-order valence-corrected chi connectivity index (χ4v) is 1.59. The lowest BCUT2D eigenvalue weighted by Crippen LogP contribution is -2.51. The van der Waals surface area contributed by atoms with Gasteiger partial charge in [-0.15, -0.1) is 0 Å². The van der Waals surface area contributed by atoms with Crippen LogP contribution < -0.4 is 5.32 Å². The standard InChI is InChI=1S/C17H23NO6/c1-11(2)13(19)24-14(17(3,4)15(20)21)18-16(22)23-10-12-8-6-5-7-9-12/h5-9,11,14H,10H2,1-4H3,(H,18,22)(H,20,21). The molecule has 0 saturated carbocycles. The number of carbonyl (C=O) groups is 3. The van der Waals surface area contributed by atoms with E-state index in [2.05, 4.69) is 5.32 Å². The zero-order chi connectivity index (χ0) is 18.3. The normalized spacial score (nSPS) is 12.4. The van der Waals surface area contributed by atoms with Crippen LogP contribution in [0, 0.1) is 11.3 Å². The van der Waals surface area contributed by atoms with E-state index in [0.29, 0.717) is 0 Å². The van der Waals surface area contributed by atoms with E-state index in [4.69, 9.17) is 9.47 Å². The maximum Gasteiger partial charge on any atom is 0.410 e. The molecule has 1 atom stereocenters. The molecule has 0 aliphatic rings. The number of carboxylic acids is 1. The molecule has 0 radical (unpaired) electrons. The van der Waals surface area contributed by atoms with Crippen LogP contribution in [0.15, 0.2) is 30.3 Å². The van der Waals surface area contributed by atoms with Crippen LogP contribution >= 0.6 is 0 Å². The minimum absolute atomic E-state index is 0.0189. The summed E-state index contributed by atoms with van der Waals surface area (Å²) in [5.41, 5.74) is -0.739. The van der Waals surface area contributed by atoms with E-state index in [-0.39, 0.29) is 6.61 Å². The summed E-state index contributed by atoms with van der Waals surface area (Å²) in [6.07, 6.45) is -2.22. The molecule has 7 nitrogen and oxygen atoms in total. The molecule has 0 aliphatic carbocycles. The first-order chi connectivity index (χ1) is 11.1. The van der Waals surface area contributed by atoms with Gasteiger partial charge in [0.05, 0.1) is 5.92 Å². The fourth-order valence-electron chi connectivity index (χ4n) is 1.59. The van der Waals surface area contributed by atoms with Gasteiger partial charge in [0, 0.05) is 0 Å². The number of aliphatic carboxylic acids is 1. The summed E-state index contributed by atoms with van der Waals surface area (Å²) in [6.45, 7) is 5.95. The second kappa shape index (κ2) is 8.33. The van der Waals surface area contributed by atoms with Crippen molar-refractivity contribution >= 4 is 18.0 Å². The predicted molar refractivity (Wildman–Crippen MR) is 85.9 cm³/mol. The highest BCUT2D eigenvalue weighted by Gasteiger charge is 2.41. The third-order valence-electron chi connectivity index (χ3n) is 3.37. The number of esters is 1. The van der Waals surface area contributed by atoms with Crippen molar-refractivity contribution < 1.29 is 29.0 Å². The number of carboxylic acid groups (broad SMARTS) is 1. The van der Waals surface area contributed by atoms with E-state index in [1.54, 1.807) is 38.1 Å². The van der Waals surface area contributed by atoms with Crippen molar-refractivity contribution in [1.82, 2.24) is 5.32 Å². The van der Waals surface area contributed by atoms with Gasteiger partial charge in [0.1, 0.15) is 12.0 Å². The number of hydrogen-bond acceptors (Lipinski definition) is 5. The van der Waals surface area contributed by atoms with Crippen molar-refractivity contribution in [3.05, 3.63) is 35.9 Å². The molecule has 0 bridgehead atoms. The van der Waals surface area contributed by atoms with E-state index in [9.17, 15) is 19.5 Å². The van der Waals surface area contributed by atoms with Gasteiger partial charge in [0.25, 0.3) is 0 Å². The van der Waals surface area contributed by atoms with Crippen molar-refractivity contribution in [1.29, 1.82) is 0 Å². The van der Waals surface area contributed by atoms with E-state index < -0.39 is 35.6 Å². The molecule has 0 spiro atoms. The average molecular weight is 337 g/mol. The van der Waals surface area contributed by atoms with Crippen molar-refractivity contribution in [3.63, 3.8) is 0 Å². The molecule has 2 N–H and O–H groups in total. The van der Waals surface area contributed by atoms with Crippen LogP contribution in [0.3, 0.4) is 0 Å². The molecule has 1 aromatic carbocycles. The van der Waals surface area contributed by atoms with Gasteiger partial charge in [-0.05, 0) is 19.4 Å². The highest BCUT2D eigenvalue weighted by Crippen LogP contribution is 2.23. The fraction of sp³-hybridized carbons (Fsp3) is 0.471. The van der Waals surface area contributed by atoms with E-state index in [1.807, 2.05) is 6.07 Å². The van der Waals surface area contributed by atoms with Crippen molar-refractivity contribution in [3.8, 4) is 0 Å². The lowest BCUT2D eigenvalue weighted by atomic mass is 9.91. The number of amides is 1. The van der Waals surface area contributed by atoms with Gasteiger partial charge in [-0.2, -0.15) is 0 Å². The van der Waals surface area contributed by atoms with Gasteiger partial charge in [0.2, 0.25) is 0 Å². The van der Waals surface area contributed by atoms with Crippen LogP contribution in [-0.4, -0.2) is 29.4 Å². The summed E-state index contributed by atoms with van der Waals surface area (Å²) in [5.74, 6) is -2.29. The van der Waals surface area contributed by atoms with Crippen LogP contribution in [0.1, 0.15) is 33.3 Å². The zero-order valence-corrected chi connectivity index (χ0v) is 14.2. The van der Waals surface area contributed by atoms with Crippen molar-refractivity contribution in [2.24, 2.45) is 11.3 Å². The summed E-state index contributed by atoms with van der Waals surface area (Å²) < 4.78 is 10.2. The summed E-state index contributed by atoms with van der Waals surface area (Å²) >= 11 is 0. The molecule has 1 aromatic rings. The van der Waals surface area contributed by atoms with E-state index in [0.717, 1.165) is 5.56 Å². The lowest BCUT2D eigenvalue weighted by molar-refractivity contribution is -0.170. The largest absolute Gasteiger partial charge is 0.481 e. The van der Waals surface area contributed by atoms with E-state index >= 15 is 0 Å². The molecule has 0 aromatic heterocycles. The summed E-state index contributed by atoms with van der Waals surface area (Å²) in [4.78, 5) is 35.1. The molecular weight excluding hydrogens is 314 g/mol. The van der Waals surface area contributed by atoms with Crippen LogP contribution in [0.4, 0.5) is 4.79 Å². The molecule has 0 heterocycles. The Labute approximate surface area is 141 Å². The van der Waals surface area contributed by atoms with Gasteiger partial charge in [-0.3, -0.25) is 14.9 Å². The Morgan fingerprint density at radius 2 is 1.75 bits per heavy atom. The van der Waals surface area contributed by atoms with Crippen LogP contribution in [0.5, 0.6) is 0 Å². The zero-order valence-electron chi connectivity index (χ0n) is 14.2. The quantitative estimate of drug-likeness (QED) is 0.585. The number of hydrogen-bond donors (Lipinski definition) is 2. The predicted octanol–water partition coefficient (Wildman–Crippen LogP) is 2.55. The third kappa shape index (κ3) is 5.57. The molecule has 7 heteroatoms. The van der Waals surface area contributed by atoms with Crippen molar-refractivity contribution in [2.75, 3.05) is 0 Å². The van der Waals surface area contributed by atoms with Gasteiger partial charge < -0.3 is 14.6 Å². The Balaban J connectivity index is 2.74. The SMILES string of the molecule is CC(C)C(=O)OC(NC(=O)OCc1ccccc1)C(C)(C)C(=O)O. The summed E-state index contributed by atoms with van der Waals surface area (Å²) in [7, 11) is 0. The van der Waals surface area contributed by atoms with Gasteiger partial charge in [-0.1, -0.05) is 44.2 Å². The number of benzene rings is 1. The maximum absolute atomic E-state index is 11.9. The Bertz CT molecular complexity index is 582. The molecule has 1 unspecified atom stereocenters. The Hall–Kier alpha value is -2.57. The maximum atomic E-state index is 11.9. The molecule has 0 aliphatic heterocycles. The molecule has 0 fully saturated rings. The van der Waals surface area contributed by atoms with Gasteiger partial charge in [-0.25, -0.2) is 4.79 Å². The highest BCUT2D eigenvalue weighted by molar-refractivity contribution is 5.78. The number of ether oxygens (including phenoxy) is 2. The molecule has 1 rings (SSSR count). The summed E-state index contributed by atoms with van der Waals surface area (Å²) in [5, 5.41) is 11.6. The van der Waals surface area contributed by atoms with Crippen LogP contribution in [0.2, 0.25) is 0 Å². The lowest BCUT2D eigenvalue weighted by Gasteiger charge is -2.30. The van der Waals surface area contributed by atoms with Gasteiger partial charge in [0.15, 0.2) is 6.23 Å². The van der Waals surface area contributed by atoms with E-state index in [1.165, 1.54) is 13.8 Å². The molecule has 0 saturated heterocycles. The number of nitrogens with one attached hydrogen (secondary N) is 1.